The highest BCUT2D eigenvalue weighted by Crippen LogP contribution is 2.24. The van der Waals surface area contributed by atoms with Crippen LogP contribution in [0.1, 0.15) is 18.1 Å². The Morgan fingerprint density at radius 3 is 2.89 bits per heavy atom. The van der Waals surface area contributed by atoms with Crippen molar-refractivity contribution in [3.8, 4) is 17.3 Å². The highest BCUT2D eigenvalue weighted by Gasteiger charge is 2.16. The number of aryl methyl sites for hydroxylation is 1. The van der Waals surface area contributed by atoms with Gasteiger partial charge in [-0.3, -0.25) is 9.36 Å². The van der Waals surface area contributed by atoms with Gasteiger partial charge in [0.1, 0.15) is 5.75 Å². The first-order chi connectivity index (χ1) is 13.6. The molecule has 0 bridgehead atoms. The van der Waals surface area contributed by atoms with Gasteiger partial charge in [-0.15, -0.1) is 10.2 Å². The number of rotatable bonds is 9. The van der Waals surface area contributed by atoms with Crippen LogP contribution in [0.25, 0.3) is 11.6 Å². The number of carbonyl (C=O) groups is 1. The smallest absolute Gasteiger partial charge is 0.230 e. The second-order valence-corrected chi connectivity index (χ2v) is 7.17. The molecule has 0 aliphatic carbocycles. The Kier molecular flexibility index (Phi) is 6.76. The molecule has 0 aliphatic heterocycles. The topological polar surface area (TPSA) is 82.2 Å². The number of ether oxygens (including phenoxy) is 1. The molecule has 0 atom stereocenters. The number of nitrogens with zero attached hydrogens (tertiary/aromatic N) is 3. The maximum atomic E-state index is 12.2. The monoisotopic (exact) mass is 400 g/mol. The van der Waals surface area contributed by atoms with Gasteiger partial charge in [0.2, 0.25) is 5.91 Å². The Bertz CT molecular complexity index is 922. The zero-order valence-corrected chi connectivity index (χ0v) is 17.1. The lowest BCUT2D eigenvalue weighted by molar-refractivity contribution is -0.118. The summed E-state index contributed by atoms with van der Waals surface area (Å²) in [6.45, 7) is 5.30. The second-order valence-electron chi connectivity index (χ2n) is 6.23. The molecule has 3 rings (SSSR count). The lowest BCUT2D eigenvalue weighted by Crippen LogP contribution is -2.27. The van der Waals surface area contributed by atoms with Gasteiger partial charge in [-0.25, -0.2) is 0 Å². The minimum absolute atomic E-state index is 0.0400. The van der Waals surface area contributed by atoms with Crippen molar-refractivity contribution >= 4 is 17.7 Å². The van der Waals surface area contributed by atoms with Crippen molar-refractivity contribution in [2.75, 3.05) is 19.4 Å². The zero-order chi connectivity index (χ0) is 19.9. The van der Waals surface area contributed by atoms with Gasteiger partial charge >= 0.3 is 0 Å². The fourth-order valence-electron chi connectivity index (χ4n) is 2.89. The average Bonchev–Trinajstić information content (AvgIpc) is 3.35. The van der Waals surface area contributed by atoms with Crippen molar-refractivity contribution < 1.29 is 13.9 Å². The summed E-state index contributed by atoms with van der Waals surface area (Å²) in [5.41, 5.74) is 2.26. The third-order valence-electron chi connectivity index (χ3n) is 4.26. The molecule has 0 fully saturated rings. The molecule has 7 nitrogen and oxygen atoms in total. The lowest BCUT2D eigenvalue weighted by atomic mass is 10.1. The summed E-state index contributed by atoms with van der Waals surface area (Å²) in [5, 5.41) is 12.0. The summed E-state index contributed by atoms with van der Waals surface area (Å²) in [6, 6.07) is 9.71. The number of amides is 1. The normalized spacial score (nSPS) is 10.8. The molecule has 2 heterocycles. The number of methoxy groups -OCH3 is 1. The average molecular weight is 401 g/mol. The van der Waals surface area contributed by atoms with E-state index in [1.807, 2.05) is 42.7 Å². The summed E-state index contributed by atoms with van der Waals surface area (Å²) in [5.74, 6) is 2.42. The summed E-state index contributed by atoms with van der Waals surface area (Å²) >= 11 is 1.37. The van der Waals surface area contributed by atoms with E-state index >= 15 is 0 Å². The molecule has 0 saturated heterocycles. The van der Waals surface area contributed by atoms with Crippen LogP contribution in [0.5, 0.6) is 5.75 Å². The van der Waals surface area contributed by atoms with Crippen LogP contribution in [-0.2, 0) is 17.8 Å². The van der Waals surface area contributed by atoms with Crippen molar-refractivity contribution in [1.82, 2.24) is 20.1 Å². The molecule has 0 spiro atoms. The molecule has 0 unspecified atom stereocenters. The molecule has 1 amide bonds. The molecule has 3 aromatic rings. The molecule has 28 heavy (non-hydrogen) atoms. The van der Waals surface area contributed by atoms with E-state index in [4.69, 9.17) is 9.15 Å². The molecule has 148 valence electrons. The minimum atomic E-state index is -0.0400. The van der Waals surface area contributed by atoms with E-state index in [0.29, 0.717) is 29.8 Å². The van der Waals surface area contributed by atoms with E-state index < -0.39 is 0 Å². The Morgan fingerprint density at radius 1 is 1.32 bits per heavy atom. The van der Waals surface area contributed by atoms with Gasteiger partial charge in [0.15, 0.2) is 16.7 Å². The zero-order valence-electron chi connectivity index (χ0n) is 16.3. The number of benzene rings is 1. The van der Waals surface area contributed by atoms with Crippen LogP contribution in [0.2, 0.25) is 0 Å². The van der Waals surface area contributed by atoms with Crippen molar-refractivity contribution in [3.05, 3.63) is 47.7 Å². The van der Waals surface area contributed by atoms with E-state index in [1.165, 1.54) is 17.3 Å². The van der Waals surface area contributed by atoms with E-state index in [-0.39, 0.29) is 11.7 Å². The SMILES string of the molecule is CCn1c(SCC(=O)NCCc2cc(C)ccc2OC)nnc1-c1ccco1. The first kappa shape index (κ1) is 20.0. The maximum absolute atomic E-state index is 12.2. The van der Waals surface area contributed by atoms with Crippen LogP contribution in [0, 0.1) is 6.92 Å². The fourth-order valence-corrected chi connectivity index (χ4v) is 3.72. The fraction of sp³-hybridized carbons (Fsp3) is 0.350. The van der Waals surface area contributed by atoms with Gasteiger partial charge in [-0.05, 0) is 44.0 Å². The summed E-state index contributed by atoms with van der Waals surface area (Å²) in [7, 11) is 1.66. The molecule has 0 aliphatic rings. The molecular formula is C20H24N4O3S. The maximum Gasteiger partial charge on any atom is 0.230 e. The van der Waals surface area contributed by atoms with Gasteiger partial charge in [0.05, 0.1) is 19.1 Å². The van der Waals surface area contributed by atoms with Crippen molar-refractivity contribution in [2.24, 2.45) is 0 Å². The number of aromatic nitrogens is 3. The van der Waals surface area contributed by atoms with Crippen molar-refractivity contribution in [3.63, 3.8) is 0 Å². The third-order valence-corrected chi connectivity index (χ3v) is 5.23. The molecule has 0 saturated carbocycles. The van der Waals surface area contributed by atoms with Crippen molar-refractivity contribution in [2.45, 2.75) is 32.0 Å². The summed E-state index contributed by atoms with van der Waals surface area (Å²) in [4.78, 5) is 12.2. The van der Waals surface area contributed by atoms with Gasteiger partial charge in [0.25, 0.3) is 0 Å². The Morgan fingerprint density at radius 2 is 2.18 bits per heavy atom. The first-order valence-corrected chi connectivity index (χ1v) is 10.1. The first-order valence-electron chi connectivity index (χ1n) is 9.12. The van der Waals surface area contributed by atoms with Gasteiger partial charge in [-0.1, -0.05) is 29.5 Å². The lowest BCUT2D eigenvalue weighted by Gasteiger charge is -2.10. The van der Waals surface area contributed by atoms with Gasteiger partial charge in [0, 0.05) is 13.1 Å². The van der Waals surface area contributed by atoms with Crippen LogP contribution in [0.3, 0.4) is 0 Å². The number of nitrogens with one attached hydrogen (secondary N) is 1. The van der Waals surface area contributed by atoms with Crippen LogP contribution >= 0.6 is 11.8 Å². The Hall–Kier alpha value is -2.74. The van der Waals surface area contributed by atoms with E-state index in [0.717, 1.165) is 17.7 Å². The van der Waals surface area contributed by atoms with E-state index in [2.05, 4.69) is 21.6 Å². The standard InChI is InChI=1S/C20H24N4O3S/c1-4-24-19(17-6-5-11-27-17)22-23-20(24)28-13-18(25)21-10-9-15-12-14(2)7-8-16(15)26-3/h5-8,11-12H,4,9-10,13H2,1-3H3,(H,21,25). The molecular weight excluding hydrogens is 376 g/mol. The number of furan rings is 1. The molecule has 0 radical (unpaired) electrons. The van der Waals surface area contributed by atoms with Crippen LogP contribution in [0.4, 0.5) is 0 Å². The number of hydrogen-bond acceptors (Lipinski definition) is 6. The molecule has 1 N–H and O–H groups in total. The minimum Gasteiger partial charge on any atom is -0.496 e. The highest BCUT2D eigenvalue weighted by molar-refractivity contribution is 7.99. The van der Waals surface area contributed by atoms with Crippen molar-refractivity contribution in [1.29, 1.82) is 0 Å². The van der Waals surface area contributed by atoms with Gasteiger partial charge in [-0.2, -0.15) is 0 Å². The second kappa shape index (κ2) is 9.45. The summed E-state index contributed by atoms with van der Waals surface area (Å²) in [6.07, 6.45) is 2.32. The Labute approximate surface area is 168 Å². The third kappa shape index (κ3) is 4.75. The largest absolute Gasteiger partial charge is 0.496 e. The molecule has 2 aromatic heterocycles. The predicted octanol–water partition coefficient (Wildman–Crippen LogP) is 3.33. The van der Waals surface area contributed by atoms with Crippen LogP contribution < -0.4 is 10.1 Å². The quantitative estimate of drug-likeness (QED) is 0.555. The van der Waals surface area contributed by atoms with E-state index in [9.17, 15) is 4.79 Å². The summed E-state index contributed by atoms with van der Waals surface area (Å²) < 4.78 is 12.7. The predicted molar refractivity (Wildman–Crippen MR) is 109 cm³/mol. The van der Waals surface area contributed by atoms with Gasteiger partial charge < -0.3 is 14.5 Å². The van der Waals surface area contributed by atoms with E-state index in [1.54, 1.807) is 13.4 Å². The highest BCUT2D eigenvalue weighted by atomic mass is 32.2. The van der Waals surface area contributed by atoms with Crippen LogP contribution in [-0.4, -0.2) is 40.1 Å². The molecule has 1 aromatic carbocycles. The van der Waals surface area contributed by atoms with Crippen LogP contribution in [0.15, 0.2) is 46.2 Å². The number of thioether (sulfide) groups is 1. The Balaban J connectivity index is 1.52. The molecule has 8 heteroatoms. The number of carbonyl (C=O) groups excluding carboxylic acids is 1. The number of hydrogen-bond donors (Lipinski definition) is 1.